The first-order valence-electron chi connectivity index (χ1n) is 7.12. The molecule has 1 aliphatic rings. The monoisotopic (exact) mass is 324 g/mol. The molecule has 0 N–H and O–H groups in total. The van der Waals surface area contributed by atoms with Crippen molar-refractivity contribution in [2.45, 2.75) is 13.1 Å². The third kappa shape index (κ3) is 3.49. The van der Waals surface area contributed by atoms with Gasteiger partial charge in [-0.3, -0.25) is 4.98 Å². The highest BCUT2D eigenvalue weighted by atomic mass is 19.4. The normalized spacial score (nSPS) is 15.8. The van der Waals surface area contributed by atoms with Crippen LogP contribution in [0.2, 0.25) is 0 Å². The zero-order valence-corrected chi connectivity index (χ0v) is 12.5. The van der Waals surface area contributed by atoms with Crippen LogP contribution in [0.3, 0.4) is 0 Å². The van der Waals surface area contributed by atoms with E-state index in [0.717, 1.165) is 11.9 Å². The Morgan fingerprint density at radius 3 is 2.17 bits per heavy atom. The number of alkyl halides is 3. The molecule has 0 bridgehead atoms. The molecule has 3 heterocycles. The van der Waals surface area contributed by atoms with Crippen molar-refractivity contribution in [3.05, 3.63) is 36.2 Å². The minimum atomic E-state index is -4.47. The Morgan fingerprint density at radius 2 is 1.61 bits per heavy atom. The number of hydrogen-bond donors (Lipinski definition) is 0. The number of hydrogen-bond acceptors (Lipinski definition) is 6. The molecule has 23 heavy (non-hydrogen) atoms. The Hall–Kier alpha value is -2.45. The fraction of sp³-hybridized carbons (Fsp3) is 0.429. The minimum Gasteiger partial charge on any atom is -0.353 e. The second-order valence-electron chi connectivity index (χ2n) is 5.19. The molecule has 1 fully saturated rings. The number of aryl methyl sites for hydroxylation is 1. The molecular weight excluding hydrogens is 309 g/mol. The van der Waals surface area contributed by atoms with Crippen molar-refractivity contribution in [2.24, 2.45) is 0 Å². The van der Waals surface area contributed by atoms with E-state index in [1.165, 1.54) is 6.92 Å². The number of piperazine rings is 1. The van der Waals surface area contributed by atoms with E-state index < -0.39 is 11.9 Å². The van der Waals surface area contributed by atoms with E-state index in [1.54, 1.807) is 18.6 Å². The summed E-state index contributed by atoms with van der Waals surface area (Å²) in [7, 11) is 0. The smallest absolute Gasteiger partial charge is 0.353 e. The molecule has 0 amide bonds. The van der Waals surface area contributed by atoms with Crippen LogP contribution in [0.1, 0.15) is 11.5 Å². The lowest BCUT2D eigenvalue weighted by atomic mass is 10.3. The first-order valence-corrected chi connectivity index (χ1v) is 7.12. The molecule has 6 nitrogen and oxygen atoms in total. The van der Waals surface area contributed by atoms with E-state index in [2.05, 4.69) is 19.9 Å². The summed E-state index contributed by atoms with van der Waals surface area (Å²) in [4.78, 5) is 19.7. The van der Waals surface area contributed by atoms with Gasteiger partial charge < -0.3 is 9.80 Å². The number of anilines is 2. The van der Waals surface area contributed by atoms with Crippen LogP contribution < -0.4 is 9.80 Å². The largest absolute Gasteiger partial charge is 0.433 e. The van der Waals surface area contributed by atoms with Gasteiger partial charge in [0.25, 0.3) is 0 Å². The molecule has 9 heteroatoms. The topological polar surface area (TPSA) is 58.0 Å². The highest BCUT2D eigenvalue weighted by Gasteiger charge is 2.34. The maximum Gasteiger partial charge on any atom is 0.433 e. The molecule has 1 aliphatic heterocycles. The second-order valence-corrected chi connectivity index (χ2v) is 5.19. The van der Waals surface area contributed by atoms with Gasteiger partial charge in [0, 0.05) is 44.6 Å². The van der Waals surface area contributed by atoms with Crippen molar-refractivity contribution in [3.63, 3.8) is 0 Å². The number of aromatic nitrogens is 4. The van der Waals surface area contributed by atoms with Crippen LogP contribution in [-0.2, 0) is 6.18 Å². The van der Waals surface area contributed by atoms with Crippen molar-refractivity contribution in [1.29, 1.82) is 0 Å². The van der Waals surface area contributed by atoms with E-state index in [0.29, 0.717) is 32.0 Å². The highest BCUT2D eigenvalue weighted by Crippen LogP contribution is 2.30. The van der Waals surface area contributed by atoms with E-state index in [1.807, 2.05) is 9.80 Å². The van der Waals surface area contributed by atoms with E-state index >= 15 is 0 Å². The summed E-state index contributed by atoms with van der Waals surface area (Å²) >= 11 is 0. The van der Waals surface area contributed by atoms with Crippen LogP contribution >= 0.6 is 0 Å². The van der Waals surface area contributed by atoms with Crippen molar-refractivity contribution in [3.8, 4) is 0 Å². The molecule has 0 spiro atoms. The summed E-state index contributed by atoms with van der Waals surface area (Å²) in [6, 6.07) is 1.00. The Morgan fingerprint density at radius 1 is 0.957 bits per heavy atom. The van der Waals surface area contributed by atoms with Crippen molar-refractivity contribution >= 4 is 11.6 Å². The zero-order chi connectivity index (χ0) is 16.4. The van der Waals surface area contributed by atoms with Crippen LogP contribution in [0.25, 0.3) is 0 Å². The van der Waals surface area contributed by atoms with Crippen LogP contribution in [0.15, 0.2) is 24.7 Å². The summed E-state index contributed by atoms with van der Waals surface area (Å²) in [5.74, 6) is 1.19. The molecule has 0 aliphatic carbocycles. The predicted octanol–water partition coefficient (Wildman–Crippen LogP) is 1.92. The van der Waals surface area contributed by atoms with Gasteiger partial charge in [0.2, 0.25) is 0 Å². The van der Waals surface area contributed by atoms with Crippen molar-refractivity contribution in [1.82, 2.24) is 19.9 Å². The predicted molar refractivity (Wildman–Crippen MR) is 78.2 cm³/mol. The van der Waals surface area contributed by atoms with Gasteiger partial charge in [-0.25, -0.2) is 15.0 Å². The van der Waals surface area contributed by atoms with Gasteiger partial charge in [0.15, 0.2) is 0 Å². The highest BCUT2D eigenvalue weighted by molar-refractivity contribution is 5.44. The van der Waals surface area contributed by atoms with Gasteiger partial charge in [-0.15, -0.1) is 0 Å². The van der Waals surface area contributed by atoms with Crippen LogP contribution in [-0.4, -0.2) is 46.1 Å². The lowest BCUT2D eigenvalue weighted by Gasteiger charge is -2.36. The molecule has 0 unspecified atom stereocenters. The van der Waals surface area contributed by atoms with Gasteiger partial charge in [-0.2, -0.15) is 13.2 Å². The van der Waals surface area contributed by atoms with E-state index in [4.69, 9.17) is 0 Å². The lowest BCUT2D eigenvalue weighted by molar-refractivity contribution is -0.141. The summed E-state index contributed by atoms with van der Waals surface area (Å²) in [5.41, 5.74) is -0.906. The van der Waals surface area contributed by atoms with Gasteiger partial charge in [-0.05, 0) is 6.92 Å². The average Bonchev–Trinajstić information content (AvgIpc) is 2.54. The standard InChI is InChI=1S/C14H15F3N6/c1-10-20-11(14(15,16)17)8-12(21-10)22-4-6-23(7-5-22)13-9-18-2-3-19-13/h2-3,8-9H,4-7H2,1H3. The van der Waals surface area contributed by atoms with Crippen molar-refractivity contribution in [2.75, 3.05) is 36.0 Å². The van der Waals surface area contributed by atoms with Crippen LogP contribution in [0.4, 0.5) is 24.8 Å². The molecule has 2 aromatic heterocycles. The quantitative estimate of drug-likeness (QED) is 0.841. The van der Waals surface area contributed by atoms with E-state index in [9.17, 15) is 13.2 Å². The Kier molecular flexibility index (Phi) is 4.01. The molecular formula is C14H15F3N6. The van der Waals surface area contributed by atoms with Crippen molar-refractivity contribution < 1.29 is 13.2 Å². The number of halogens is 3. The third-order valence-corrected chi connectivity index (χ3v) is 3.59. The van der Waals surface area contributed by atoms with Gasteiger partial charge in [-0.1, -0.05) is 0 Å². The maximum atomic E-state index is 12.9. The van der Waals surface area contributed by atoms with Gasteiger partial charge in [0.05, 0.1) is 6.20 Å². The van der Waals surface area contributed by atoms with Crippen LogP contribution in [0.5, 0.6) is 0 Å². The number of rotatable bonds is 2. The summed E-state index contributed by atoms with van der Waals surface area (Å²) in [6.07, 6.45) is 0.420. The third-order valence-electron chi connectivity index (χ3n) is 3.59. The summed E-state index contributed by atoms with van der Waals surface area (Å²) < 4.78 is 38.6. The Labute approximate surface area is 131 Å². The van der Waals surface area contributed by atoms with Gasteiger partial charge in [0.1, 0.15) is 23.2 Å². The maximum absolute atomic E-state index is 12.9. The Bertz CT molecular complexity index is 668. The lowest BCUT2D eigenvalue weighted by Crippen LogP contribution is -2.47. The molecule has 0 aromatic carbocycles. The van der Waals surface area contributed by atoms with E-state index in [-0.39, 0.29) is 5.82 Å². The fourth-order valence-corrected chi connectivity index (χ4v) is 2.48. The molecule has 2 aromatic rings. The molecule has 3 rings (SSSR count). The average molecular weight is 324 g/mol. The molecule has 0 radical (unpaired) electrons. The molecule has 0 atom stereocenters. The minimum absolute atomic E-state index is 0.117. The van der Waals surface area contributed by atoms with Crippen LogP contribution in [0, 0.1) is 6.92 Å². The molecule has 0 saturated carbocycles. The van der Waals surface area contributed by atoms with Gasteiger partial charge >= 0.3 is 6.18 Å². The second kappa shape index (κ2) is 5.98. The zero-order valence-electron chi connectivity index (χ0n) is 12.5. The Balaban J connectivity index is 1.74. The molecule has 122 valence electrons. The molecule has 1 saturated heterocycles. The summed E-state index contributed by atoms with van der Waals surface area (Å²) in [5, 5.41) is 0. The fourth-order valence-electron chi connectivity index (χ4n) is 2.48. The number of nitrogens with zero attached hydrogens (tertiary/aromatic N) is 6. The first-order chi connectivity index (χ1) is 10.9. The summed E-state index contributed by atoms with van der Waals surface area (Å²) in [6.45, 7) is 3.87. The first kappa shape index (κ1) is 15.4. The SMILES string of the molecule is Cc1nc(N2CCN(c3cnccn3)CC2)cc(C(F)(F)F)n1.